The number of aliphatic carboxylic acids is 1. The molecule has 0 aromatic heterocycles. The van der Waals surface area contributed by atoms with Gasteiger partial charge in [-0.1, -0.05) is 56.2 Å². The number of unbranched alkanes of at least 4 members (excludes halogenated alkanes) is 5. The highest BCUT2D eigenvalue weighted by molar-refractivity contribution is 5.66. The summed E-state index contributed by atoms with van der Waals surface area (Å²) in [6.45, 7) is 2.19. The van der Waals surface area contributed by atoms with Crippen LogP contribution >= 0.6 is 0 Å². The van der Waals surface area contributed by atoms with Gasteiger partial charge in [0, 0.05) is 7.79 Å². The quantitative estimate of drug-likeness (QED) is 0.349. The van der Waals surface area contributed by atoms with Crippen molar-refractivity contribution < 1.29 is 11.3 Å². The Kier molecular flexibility index (Phi) is 13.2. The van der Waals surface area contributed by atoms with Crippen molar-refractivity contribution in [1.82, 2.24) is 0 Å². The molecule has 0 aliphatic carbocycles. The summed E-state index contributed by atoms with van der Waals surface area (Å²) in [5, 5.41) is 8.49. The number of allylic oxidation sites excluding steroid dienone is 6. The van der Waals surface area contributed by atoms with Gasteiger partial charge in [0.1, 0.15) is 0 Å². The van der Waals surface area contributed by atoms with Crippen LogP contribution in [-0.4, -0.2) is 11.1 Å². The van der Waals surface area contributed by atoms with Crippen LogP contribution in [0.5, 0.6) is 0 Å². The van der Waals surface area contributed by atoms with Crippen molar-refractivity contribution in [3.8, 4) is 0 Å². The number of rotatable bonds is 13. The van der Waals surface area contributed by atoms with E-state index in [0.29, 0.717) is 0 Å². The molecule has 2 heteroatoms. The Labute approximate surface area is 125 Å². The number of carboxylic acid groups (broad SMARTS) is 1. The molecule has 0 aliphatic heterocycles. The molecule has 0 unspecified atom stereocenters. The molecule has 0 aliphatic rings. The van der Waals surface area contributed by atoms with Crippen molar-refractivity contribution in [3.05, 3.63) is 36.5 Å². The van der Waals surface area contributed by atoms with Crippen LogP contribution in [0.15, 0.2) is 36.5 Å². The van der Waals surface area contributed by atoms with E-state index < -0.39 is 5.97 Å². The molecule has 114 valence electrons. The summed E-state index contributed by atoms with van der Waals surface area (Å²) < 4.78 is 7.81. The van der Waals surface area contributed by atoms with Gasteiger partial charge in [-0.3, -0.25) is 4.79 Å². The fourth-order valence-electron chi connectivity index (χ4n) is 1.74. The highest BCUT2D eigenvalue weighted by Crippen LogP contribution is 2.02. The maximum absolute atomic E-state index is 10.3. The lowest BCUT2D eigenvalue weighted by Gasteiger charge is -1.92. The fraction of sp³-hybridized carbons (Fsp3) is 0.611. The van der Waals surface area contributed by atoms with Gasteiger partial charge >= 0.3 is 5.97 Å². The molecule has 1 N–H and O–H groups in total. The maximum atomic E-state index is 10.3. The van der Waals surface area contributed by atoms with E-state index in [2.05, 4.69) is 25.2 Å². The Morgan fingerprint density at radius 2 is 1.55 bits per heavy atom. The van der Waals surface area contributed by atoms with Crippen LogP contribution < -0.4 is 0 Å². The smallest absolute Gasteiger partial charge is 0.303 e. The summed E-state index contributed by atoms with van der Waals surface area (Å²) in [5.41, 5.74) is 0. The van der Waals surface area contributed by atoms with Gasteiger partial charge in [-0.05, 0) is 44.9 Å². The number of hydrogen-bond acceptors (Lipinski definition) is 1. The average molecular weight is 279 g/mol. The Hall–Kier alpha value is -1.31. The second-order valence-electron chi connectivity index (χ2n) is 4.89. The van der Waals surface area contributed by atoms with Crippen LogP contribution in [0, 0.1) is 0 Å². The van der Waals surface area contributed by atoms with Crippen molar-refractivity contribution in [1.29, 1.82) is 0 Å². The fourth-order valence-corrected chi connectivity index (χ4v) is 1.74. The Bertz CT molecular complexity index is 332. The lowest BCUT2D eigenvalue weighted by molar-refractivity contribution is -0.137. The first-order chi connectivity index (χ1) is 10.2. The molecule has 0 fully saturated rings. The minimum absolute atomic E-state index is 0.240. The van der Waals surface area contributed by atoms with Gasteiger partial charge in [0.05, 0.1) is 0 Å². The average Bonchev–Trinajstić information content (AvgIpc) is 2.45. The zero-order valence-electron chi connectivity index (χ0n) is 13.8. The van der Waals surface area contributed by atoms with Crippen LogP contribution in [0.1, 0.15) is 72.5 Å². The van der Waals surface area contributed by atoms with Gasteiger partial charge < -0.3 is 5.11 Å². The van der Waals surface area contributed by atoms with Gasteiger partial charge in [0.25, 0.3) is 0 Å². The highest BCUT2D eigenvalue weighted by atomic mass is 16.4. The second kappa shape index (κ2) is 15.7. The normalized spacial score (nSPS) is 14.3. The van der Waals surface area contributed by atoms with Crippen LogP contribution in [0.3, 0.4) is 0 Å². The van der Waals surface area contributed by atoms with Gasteiger partial charge in [-0.2, -0.15) is 0 Å². The van der Waals surface area contributed by atoms with E-state index in [4.69, 9.17) is 6.48 Å². The molecule has 0 saturated carbocycles. The standard InChI is InChI=1S/C18H30O2/c1-2-3-4-5-6-7-8-9-10-11-12-13-14-15-16-17-18(19)20/h6-7,9-10,12-13H,2-5,8,11,14-17H2,1H3,(H,19,20)/b7-6-,10-9-,13-12-/i8D/t8-/m1/s1. The van der Waals surface area contributed by atoms with Crippen molar-refractivity contribution >= 4 is 5.97 Å². The SMILES string of the molecule is [2H][C@@H](/C=C\C/C=C\CCCCC(=O)O)/C=C\CCCCC. The van der Waals surface area contributed by atoms with E-state index in [0.717, 1.165) is 32.1 Å². The first-order valence-electron chi connectivity index (χ1n) is 8.37. The third-order valence-corrected chi connectivity index (χ3v) is 2.92. The summed E-state index contributed by atoms with van der Waals surface area (Å²) in [5.74, 6) is -0.717. The predicted octanol–water partition coefficient (Wildman–Crippen LogP) is 5.66. The van der Waals surface area contributed by atoms with Crippen molar-refractivity contribution in [3.63, 3.8) is 0 Å². The molecule has 0 rings (SSSR count). The molecule has 2 nitrogen and oxygen atoms in total. The molecule has 0 spiro atoms. The zero-order chi connectivity index (χ0) is 15.8. The van der Waals surface area contributed by atoms with E-state index in [1.807, 2.05) is 18.2 Å². The molecule has 0 bridgehead atoms. The molecule has 0 saturated heterocycles. The van der Waals surface area contributed by atoms with Gasteiger partial charge in [-0.25, -0.2) is 0 Å². The molecule has 0 radical (unpaired) electrons. The summed E-state index contributed by atoms with van der Waals surface area (Å²) >= 11 is 0. The van der Waals surface area contributed by atoms with Crippen molar-refractivity contribution in [2.24, 2.45) is 0 Å². The van der Waals surface area contributed by atoms with Crippen molar-refractivity contribution in [2.75, 3.05) is 0 Å². The summed E-state index contributed by atoms with van der Waals surface area (Å²) in [6.07, 6.45) is 20.4. The first-order valence-corrected chi connectivity index (χ1v) is 7.79. The Morgan fingerprint density at radius 1 is 0.950 bits per heavy atom. The zero-order valence-corrected chi connectivity index (χ0v) is 12.8. The largest absolute Gasteiger partial charge is 0.481 e. The van der Waals surface area contributed by atoms with E-state index in [1.165, 1.54) is 19.3 Å². The van der Waals surface area contributed by atoms with Crippen LogP contribution in [0.2, 0.25) is 0 Å². The predicted molar refractivity (Wildman–Crippen MR) is 86.9 cm³/mol. The Morgan fingerprint density at radius 3 is 2.25 bits per heavy atom. The topological polar surface area (TPSA) is 37.3 Å². The third-order valence-electron chi connectivity index (χ3n) is 2.92. The molecular formula is C18H30O2. The minimum Gasteiger partial charge on any atom is -0.481 e. The molecular weight excluding hydrogens is 248 g/mol. The summed E-state index contributed by atoms with van der Waals surface area (Å²) in [7, 11) is 0. The van der Waals surface area contributed by atoms with Crippen molar-refractivity contribution in [2.45, 2.75) is 71.1 Å². The van der Waals surface area contributed by atoms with E-state index in [-0.39, 0.29) is 12.8 Å². The Balaban J connectivity index is 3.54. The third kappa shape index (κ3) is 16.7. The summed E-state index contributed by atoms with van der Waals surface area (Å²) in [4.78, 5) is 10.3. The van der Waals surface area contributed by atoms with E-state index >= 15 is 0 Å². The van der Waals surface area contributed by atoms with Gasteiger partial charge in [-0.15, -0.1) is 0 Å². The molecule has 0 aromatic carbocycles. The lowest BCUT2D eigenvalue weighted by Crippen LogP contribution is -1.92. The lowest BCUT2D eigenvalue weighted by atomic mass is 10.2. The van der Waals surface area contributed by atoms with Crippen LogP contribution in [-0.2, 0) is 4.79 Å². The molecule has 1 atom stereocenters. The van der Waals surface area contributed by atoms with E-state index in [9.17, 15) is 4.79 Å². The van der Waals surface area contributed by atoms with Gasteiger partial charge in [0.2, 0.25) is 0 Å². The minimum atomic E-state index is -0.717. The summed E-state index contributed by atoms with van der Waals surface area (Å²) in [6, 6.07) is 0. The molecule has 20 heavy (non-hydrogen) atoms. The first kappa shape index (κ1) is 16.7. The van der Waals surface area contributed by atoms with Gasteiger partial charge in [0.15, 0.2) is 0 Å². The van der Waals surface area contributed by atoms with E-state index in [1.54, 1.807) is 0 Å². The molecule has 0 amide bonds. The second-order valence-corrected chi connectivity index (χ2v) is 4.89. The molecule has 0 heterocycles. The van der Waals surface area contributed by atoms with Crippen LogP contribution in [0.25, 0.3) is 0 Å². The number of hydrogen-bond donors (Lipinski definition) is 1. The number of carboxylic acids is 1. The van der Waals surface area contributed by atoms with Crippen LogP contribution in [0.4, 0.5) is 0 Å². The highest BCUT2D eigenvalue weighted by Gasteiger charge is 1.93. The number of carbonyl (C=O) groups is 1. The molecule has 0 aromatic rings. The maximum Gasteiger partial charge on any atom is 0.303 e. The monoisotopic (exact) mass is 279 g/mol.